The van der Waals surface area contributed by atoms with E-state index in [0.717, 1.165) is 4.90 Å². The number of hydrogen-bond acceptors (Lipinski definition) is 10. The standard InChI is InChI=1S/C24H41N9O10/c1-12(34)19(22(41)33-9-3-5-15(33)23(42)43)32-17(36)11-29-20(39)14(6-7-18(37)38)31-21(40)13(30-16(35)10-25)4-2-8-28-24(26)27/h12-15,19,34H,2-11,25H2,1H3,(H,29,39)(H,30,35)(H,31,40)(H,32,36)(H,37,38)(H,42,43)(H4,26,27,28)/t12-,13+,14+,15+,19+/m1/s1. The molecule has 1 rings (SSSR count). The van der Waals surface area contributed by atoms with Crippen LogP contribution < -0.4 is 38.5 Å². The van der Waals surface area contributed by atoms with Crippen LogP contribution in [-0.2, 0) is 33.6 Å². The van der Waals surface area contributed by atoms with E-state index in [-0.39, 0.29) is 44.7 Å². The molecule has 0 radical (unpaired) electrons. The molecule has 0 aromatic carbocycles. The summed E-state index contributed by atoms with van der Waals surface area (Å²) in [6.07, 6.45) is -1.38. The van der Waals surface area contributed by atoms with Gasteiger partial charge in [0.15, 0.2) is 5.96 Å². The van der Waals surface area contributed by atoms with Crippen LogP contribution in [0.5, 0.6) is 0 Å². The normalized spacial score (nSPS) is 17.0. The van der Waals surface area contributed by atoms with Gasteiger partial charge in [-0.2, -0.15) is 0 Å². The van der Waals surface area contributed by atoms with Gasteiger partial charge in [0.25, 0.3) is 0 Å². The number of carbonyl (C=O) groups is 7. The minimum atomic E-state index is -1.50. The Morgan fingerprint density at radius 2 is 1.60 bits per heavy atom. The molecule has 1 aliphatic heterocycles. The zero-order valence-electron chi connectivity index (χ0n) is 23.8. The van der Waals surface area contributed by atoms with Gasteiger partial charge in [-0.25, -0.2) is 4.79 Å². The zero-order chi connectivity index (χ0) is 32.7. The van der Waals surface area contributed by atoms with Gasteiger partial charge in [0, 0.05) is 19.5 Å². The van der Waals surface area contributed by atoms with Crippen LogP contribution in [0.2, 0.25) is 0 Å². The van der Waals surface area contributed by atoms with E-state index in [4.69, 9.17) is 22.3 Å². The van der Waals surface area contributed by atoms with Crippen molar-refractivity contribution in [1.82, 2.24) is 26.2 Å². The molecule has 1 heterocycles. The van der Waals surface area contributed by atoms with E-state index in [0.29, 0.717) is 6.42 Å². The SMILES string of the molecule is C[C@@H](O)[C@H](NC(=O)CNC(=O)[C@H](CCC(=O)O)NC(=O)[C@H](CCCN=C(N)N)NC(=O)CN)C(=O)N1CCC[C@H]1C(=O)O. The lowest BCUT2D eigenvalue weighted by atomic mass is 10.1. The Bertz CT molecular complexity index is 1060. The molecule has 1 saturated heterocycles. The number of nitrogens with two attached hydrogens (primary N) is 3. The van der Waals surface area contributed by atoms with Crippen LogP contribution in [-0.4, -0.2) is 124 Å². The fourth-order valence-electron chi connectivity index (χ4n) is 4.20. The first-order chi connectivity index (χ1) is 20.2. The molecule has 19 heteroatoms. The molecule has 242 valence electrons. The van der Waals surface area contributed by atoms with Gasteiger partial charge in [-0.05, 0) is 39.0 Å². The first kappa shape index (κ1) is 36.5. The highest BCUT2D eigenvalue weighted by atomic mass is 16.4. The summed E-state index contributed by atoms with van der Waals surface area (Å²) in [7, 11) is 0. The number of carboxylic acid groups (broad SMARTS) is 2. The summed E-state index contributed by atoms with van der Waals surface area (Å²) in [5.74, 6) is -6.84. The second-order valence-corrected chi connectivity index (χ2v) is 9.80. The summed E-state index contributed by atoms with van der Waals surface area (Å²) >= 11 is 0. The Kier molecular flexibility index (Phi) is 15.4. The lowest BCUT2D eigenvalue weighted by molar-refractivity contribution is -0.150. The number of aliphatic carboxylic acids is 2. The average molecular weight is 616 g/mol. The lowest BCUT2D eigenvalue weighted by Crippen LogP contribution is -2.58. The number of nitrogens with one attached hydrogen (secondary N) is 4. The number of hydrogen-bond donors (Lipinski definition) is 10. The van der Waals surface area contributed by atoms with Crippen molar-refractivity contribution in [3.8, 4) is 0 Å². The molecule has 0 aromatic heterocycles. The molecule has 0 aromatic rings. The maximum atomic E-state index is 12.9. The molecule has 0 aliphatic carbocycles. The molecule has 5 amide bonds. The third-order valence-electron chi connectivity index (χ3n) is 6.37. The van der Waals surface area contributed by atoms with Crippen molar-refractivity contribution in [3.05, 3.63) is 0 Å². The third-order valence-corrected chi connectivity index (χ3v) is 6.37. The molecule has 13 N–H and O–H groups in total. The van der Waals surface area contributed by atoms with E-state index in [2.05, 4.69) is 26.3 Å². The van der Waals surface area contributed by atoms with E-state index in [1.165, 1.54) is 6.92 Å². The van der Waals surface area contributed by atoms with E-state index < -0.39 is 91.3 Å². The van der Waals surface area contributed by atoms with Gasteiger partial charge in [-0.1, -0.05) is 0 Å². The van der Waals surface area contributed by atoms with Crippen LogP contribution in [0.1, 0.15) is 45.4 Å². The number of likely N-dealkylation sites (tertiary alicyclic amines) is 1. The van der Waals surface area contributed by atoms with Crippen molar-refractivity contribution in [2.75, 3.05) is 26.2 Å². The smallest absolute Gasteiger partial charge is 0.326 e. The molecule has 0 spiro atoms. The van der Waals surface area contributed by atoms with E-state index in [1.807, 2.05) is 0 Å². The Morgan fingerprint density at radius 1 is 0.953 bits per heavy atom. The summed E-state index contributed by atoms with van der Waals surface area (Å²) in [6.45, 7) is 0.316. The van der Waals surface area contributed by atoms with E-state index >= 15 is 0 Å². The van der Waals surface area contributed by atoms with Gasteiger partial charge in [-0.15, -0.1) is 0 Å². The summed E-state index contributed by atoms with van der Waals surface area (Å²) in [5, 5.41) is 37.8. The van der Waals surface area contributed by atoms with Crippen LogP contribution in [0.15, 0.2) is 4.99 Å². The molecule has 0 unspecified atom stereocenters. The number of aliphatic imine (C=N–C) groups is 1. The zero-order valence-corrected chi connectivity index (χ0v) is 23.8. The predicted molar refractivity (Wildman–Crippen MR) is 149 cm³/mol. The Balaban J connectivity index is 2.91. The van der Waals surface area contributed by atoms with Crippen LogP contribution in [0.3, 0.4) is 0 Å². The minimum absolute atomic E-state index is 0.0402. The van der Waals surface area contributed by atoms with Gasteiger partial charge in [0.2, 0.25) is 29.5 Å². The molecule has 5 atom stereocenters. The maximum Gasteiger partial charge on any atom is 0.326 e. The molecule has 0 bridgehead atoms. The topological polar surface area (TPSA) is 322 Å². The number of guanidine groups is 1. The van der Waals surface area contributed by atoms with Crippen LogP contribution in [0.25, 0.3) is 0 Å². The van der Waals surface area contributed by atoms with Gasteiger partial charge >= 0.3 is 11.9 Å². The van der Waals surface area contributed by atoms with Crippen molar-refractivity contribution in [2.24, 2.45) is 22.2 Å². The van der Waals surface area contributed by atoms with Gasteiger partial charge in [-0.3, -0.25) is 33.8 Å². The Labute approximate surface area is 247 Å². The van der Waals surface area contributed by atoms with Crippen molar-refractivity contribution in [1.29, 1.82) is 0 Å². The molecule has 0 saturated carbocycles. The Morgan fingerprint density at radius 3 is 2.16 bits per heavy atom. The van der Waals surface area contributed by atoms with Crippen molar-refractivity contribution in [3.63, 3.8) is 0 Å². The monoisotopic (exact) mass is 615 g/mol. The van der Waals surface area contributed by atoms with Gasteiger partial charge < -0.3 is 58.7 Å². The summed E-state index contributed by atoms with van der Waals surface area (Å²) in [4.78, 5) is 90.5. The largest absolute Gasteiger partial charge is 0.481 e. The summed E-state index contributed by atoms with van der Waals surface area (Å²) < 4.78 is 0. The lowest BCUT2D eigenvalue weighted by Gasteiger charge is -2.29. The van der Waals surface area contributed by atoms with Crippen molar-refractivity contribution < 1.29 is 48.9 Å². The number of aliphatic hydroxyl groups is 1. The fraction of sp³-hybridized carbons (Fsp3) is 0.667. The van der Waals surface area contributed by atoms with Crippen molar-refractivity contribution in [2.45, 2.75) is 75.7 Å². The first-order valence-electron chi connectivity index (χ1n) is 13.5. The molecule has 43 heavy (non-hydrogen) atoms. The van der Waals surface area contributed by atoms with Crippen LogP contribution in [0.4, 0.5) is 0 Å². The quantitative estimate of drug-likeness (QED) is 0.0392. The highest BCUT2D eigenvalue weighted by Crippen LogP contribution is 2.19. The number of nitrogens with zero attached hydrogens (tertiary/aromatic N) is 2. The number of carboxylic acids is 2. The minimum Gasteiger partial charge on any atom is -0.481 e. The van der Waals surface area contributed by atoms with Gasteiger partial charge in [0.1, 0.15) is 24.2 Å². The molecule has 1 aliphatic rings. The summed E-state index contributed by atoms with van der Waals surface area (Å²) in [6, 6.07) is -5.22. The number of amides is 5. The fourth-order valence-corrected chi connectivity index (χ4v) is 4.20. The van der Waals surface area contributed by atoms with Gasteiger partial charge in [0.05, 0.1) is 19.2 Å². The molecule has 1 fully saturated rings. The Hall–Kier alpha value is -4.52. The van der Waals surface area contributed by atoms with Crippen LogP contribution in [0, 0.1) is 0 Å². The maximum absolute atomic E-state index is 12.9. The van der Waals surface area contributed by atoms with E-state index in [1.54, 1.807) is 0 Å². The van der Waals surface area contributed by atoms with E-state index in [9.17, 15) is 43.8 Å². The second kappa shape index (κ2) is 18.1. The second-order valence-electron chi connectivity index (χ2n) is 9.80. The molecule has 19 nitrogen and oxygen atoms in total. The number of aliphatic hydroxyl groups excluding tert-OH is 1. The van der Waals surface area contributed by atoms with Crippen molar-refractivity contribution >= 4 is 47.4 Å². The predicted octanol–water partition coefficient (Wildman–Crippen LogP) is -5.11. The highest BCUT2D eigenvalue weighted by molar-refractivity contribution is 5.95. The highest BCUT2D eigenvalue weighted by Gasteiger charge is 2.39. The molecular weight excluding hydrogens is 574 g/mol. The molecular formula is C24H41N9O10. The number of carbonyl (C=O) groups excluding carboxylic acids is 5. The first-order valence-corrected chi connectivity index (χ1v) is 13.5. The summed E-state index contributed by atoms with van der Waals surface area (Å²) in [5.41, 5.74) is 15.8. The average Bonchev–Trinajstić information content (AvgIpc) is 3.43. The third kappa shape index (κ3) is 12.9. The number of rotatable bonds is 18. The van der Waals surface area contributed by atoms with Crippen LogP contribution >= 0.6 is 0 Å².